The summed E-state index contributed by atoms with van der Waals surface area (Å²) < 4.78 is 29.0. The Labute approximate surface area is 315 Å². The van der Waals surface area contributed by atoms with Crippen molar-refractivity contribution in [1.29, 1.82) is 0 Å². The Morgan fingerprint density at radius 1 is 0.321 bits per heavy atom. The molecule has 0 atom stereocenters. The number of hydrogen-bond acceptors (Lipinski definition) is 1. The summed E-state index contributed by atoms with van der Waals surface area (Å²) in [5, 5.41) is 2.34. The Bertz CT molecular complexity index is 2790. The molecule has 1 heteroatoms. The monoisotopic (exact) mass is 678 g/mol. The second kappa shape index (κ2) is 14.3. The van der Waals surface area contributed by atoms with Crippen molar-refractivity contribution in [3.05, 3.63) is 224 Å². The van der Waals surface area contributed by atoms with Crippen molar-refractivity contribution < 1.29 is 4.11 Å². The van der Waals surface area contributed by atoms with Gasteiger partial charge < -0.3 is 4.90 Å². The Morgan fingerprint density at radius 3 is 1.36 bits per heavy atom. The first-order valence-electron chi connectivity index (χ1n) is 19.4. The molecule has 0 saturated heterocycles. The van der Waals surface area contributed by atoms with Crippen LogP contribution in [-0.2, 0) is 0 Å². The smallest absolute Gasteiger partial charge is 0.0645 e. The van der Waals surface area contributed by atoms with E-state index in [1.165, 1.54) is 10.8 Å². The number of fused-ring (bicyclic) bond motifs is 1. The van der Waals surface area contributed by atoms with Crippen molar-refractivity contribution in [3.63, 3.8) is 0 Å². The molecule has 250 valence electrons. The van der Waals surface area contributed by atoms with Crippen LogP contribution in [0, 0.1) is 0 Å². The average molecular weight is 679 g/mol. The molecule has 0 aliphatic rings. The summed E-state index contributed by atoms with van der Waals surface area (Å²) in [4.78, 5) is 2.05. The normalized spacial score (nSPS) is 11.8. The van der Waals surface area contributed by atoms with Crippen LogP contribution in [0.25, 0.3) is 66.4 Å². The molecule has 0 bridgehead atoms. The first kappa shape index (κ1) is 28.7. The maximum Gasteiger partial charge on any atom is 0.0645 e. The van der Waals surface area contributed by atoms with Crippen LogP contribution in [0.3, 0.4) is 0 Å². The molecule has 0 saturated carbocycles. The molecule has 0 aliphatic carbocycles. The average Bonchev–Trinajstić information content (AvgIpc) is 3.27. The molecular weight excluding hydrogens is 639 g/mol. The molecule has 0 aromatic heterocycles. The van der Waals surface area contributed by atoms with Gasteiger partial charge in [0, 0.05) is 16.9 Å². The van der Waals surface area contributed by atoms with Gasteiger partial charge in [-0.1, -0.05) is 188 Å². The highest BCUT2D eigenvalue weighted by Gasteiger charge is 2.20. The molecule has 0 radical (unpaired) electrons. The van der Waals surface area contributed by atoms with E-state index in [9.17, 15) is 4.11 Å². The summed E-state index contributed by atoms with van der Waals surface area (Å²) in [5.41, 5.74) is 11.4. The Hall–Kier alpha value is -6.96. The molecule has 9 aromatic carbocycles. The zero-order chi connectivity index (χ0) is 38.0. The first-order valence-corrected chi connectivity index (χ1v) is 17.9. The number of anilines is 3. The fraction of sp³-hybridized carbons (Fsp3) is 0. The van der Waals surface area contributed by atoms with Gasteiger partial charge in [0.1, 0.15) is 0 Å². The summed E-state index contributed by atoms with van der Waals surface area (Å²) in [5.74, 6) is 0. The van der Waals surface area contributed by atoms with Crippen LogP contribution < -0.4 is 4.90 Å². The van der Waals surface area contributed by atoms with Crippen molar-refractivity contribution in [3.8, 4) is 55.6 Å². The minimum Gasteiger partial charge on any atom is -0.310 e. The third kappa shape index (κ3) is 6.42. The molecular formula is C52H37N. The number of benzene rings is 9. The van der Waals surface area contributed by atoms with Crippen LogP contribution >= 0.6 is 0 Å². The molecule has 9 rings (SSSR count). The second-order valence-corrected chi connectivity index (χ2v) is 13.1. The molecule has 0 spiro atoms. The van der Waals surface area contributed by atoms with Crippen LogP contribution in [-0.4, -0.2) is 0 Å². The number of rotatable bonds is 8. The Kier molecular flexibility index (Phi) is 7.77. The Morgan fingerprint density at radius 2 is 0.774 bits per heavy atom. The van der Waals surface area contributed by atoms with Gasteiger partial charge in [-0.3, -0.25) is 0 Å². The minimum atomic E-state index is 0.0154. The SMILES string of the molecule is [2H]c1c([2H])c(N(c2ccc(-c3ccccc3)cc2)c2ccc(-c3c(-c4ccccc4)ccc4ccccc34)cc2)c(-c2ccccc2)c([2H])c1-c1ccccc1. The fourth-order valence-electron chi connectivity index (χ4n) is 7.19. The molecule has 0 N–H and O–H groups in total. The molecule has 0 fully saturated rings. The molecule has 0 amide bonds. The number of nitrogens with zero attached hydrogens (tertiary/aromatic N) is 1. The maximum absolute atomic E-state index is 9.76. The van der Waals surface area contributed by atoms with Crippen molar-refractivity contribution in [2.75, 3.05) is 4.90 Å². The van der Waals surface area contributed by atoms with Gasteiger partial charge in [-0.05, 0) is 97.2 Å². The first-order chi connectivity index (χ1) is 27.6. The Balaban J connectivity index is 1.28. The van der Waals surface area contributed by atoms with Gasteiger partial charge in [0.25, 0.3) is 0 Å². The molecule has 1 nitrogen and oxygen atoms in total. The van der Waals surface area contributed by atoms with Crippen LogP contribution in [0.2, 0.25) is 0 Å². The van der Waals surface area contributed by atoms with E-state index in [2.05, 4.69) is 126 Å². The largest absolute Gasteiger partial charge is 0.310 e. The van der Waals surface area contributed by atoms with Crippen LogP contribution in [0.5, 0.6) is 0 Å². The quantitative estimate of drug-likeness (QED) is 0.155. The highest BCUT2D eigenvalue weighted by molar-refractivity contribution is 6.04. The van der Waals surface area contributed by atoms with E-state index < -0.39 is 0 Å². The lowest BCUT2D eigenvalue weighted by Gasteiger charge is -2.29. The van der Waals surface area contributed by atoms with Crippen molar-refractivity contribution in [2.24, 2.45) is 0 Å². The van der Waals surface area contributed by atoms with E-state index in [1.807, 2.05) is 84.9 Å². The summed E-state index contributed by atoms with van der Waals surface area (Å²) in [6.07, 6.45) is 0. The lowest BCUT2D eigenvalue weighted by atomic mass is 9.89. The van der Waals surface area contributed by atoms with Gasteiger partial charge >= 0.3 is 0 Å². The third-order valence-corrected chi connectivity index (χ3v) is 9.80. The minimum absolute atomic E-state index is 0.0154. The van der Waals surface area contributed by atoms with Crippen LogP contribution in [0.4, 0.5) is 17.1 Å². The van der Waals surface area contributed by atoms with E-state index in [1.54, 1.807) is 0 Å². The second-order valence-electron chi connectivity index (χ2n) is 13.1. The zero-order valence-electron chi connectivity index (χ0n) is 32.1. The lowest BCUT2D eigenvalue weighted by molar-refractivity contribution is 1.28. The van der Waals surface area contributed by atoms with Crippen LogP contribution in [0.1, 0.15) is 4.11 Å². The van der Waals surface area contributed by atoms with Crippen molar-refractivity contribution >= 4 is 27.8 Å². The third-order valence-electron chi connectivity index (χ3n) is 9.80. The van der Waals surface area contributed by atoms with E-state index in [4.69, 9.17) is 0 Å². The van der Waals surface area contributed by atoms with Crippen LogP contribution in [0.15, 0.2) is 224 Å². The highest BCUT2D eigenvalue weighted by atomic mass is 15.1. The highest BCUT2D eigenvalue weighted by Crippen LogP contribution is 2.45. The van der Waals surface area contributed by atoms with Crippen molar-refractivity contribution in [1.82, 2.24) is 0 Å². The summed E-state index contributed by atoms with van der Waals surface area (Å²) in [6, 6.07) is 70.2. The summed E-state index contributed by atoms with van der Waals surface area (Å²) in [6.45, 7) is 0. The molecule has 0 unspecified atom stereocenters. The fourth-order valence-corrected chi connectivity index (χ4v) is 7.19. The zero-order valence-corrected chi connectivity index (χ0v) is 29.1. The van der Waals surface area contributed by atoms with Gasteiger partial charge in [-0.15, -0.1) is 0 Å². The van der Waals surface area contributed by atoms with Crippen molar-refractivity contribution in [2.45, 2.75) is 0 Å². The van der Waals surface area contributed by atoms with Gasteiger partial charge in [-0.25, -0.2) is 0 Å². The predicted octanol–water partition coefficient (Wildman–Crippen LogP) is 14.6. The predicted molar refractivity (Wildman–Crippen MR) is 226 cm³/mol. The maximum atomic E-state index is 9.76. The van der Waals surface area contributed by atoms with E-state index in [0.717, 1.165) is 55.9 Å². The lowest BCUT2D eigenvalue weighted by Crippen LogP contribution is -2.11. The van der Waals surface area contributed by atoms with E-state index >= 15 is 0 Å². The number of hydrogen-bond donors (Lipinski definition) is 0. The molecule has 0 heterocycles. The van der Waals surface area contributed by atoms with Gasteiger partial charge in [0.15, 0.2) is 0 Å². The van der Waals surface area contributed by atoms with E-state index in [0.29, 0.717) is 16.8 Å². The molecule has 9 aromatic rings. The summed E-state index contributed by atoms with van der Waals surface area (Å²) >= 11 is 0. The standard InChI is InChI=1S/C52H37N/c1-5-15-38(16-6-1)40-25-31-46(32-26-40)53(51-36-30-45(39-17-7-2-8-18-39)37-50(51)42-21-11-4-12-22-42)47-33-27-44(28-34-47)52-48-24-14-13-23-43(48)29-35-49(52)41-19-9-3-10-20-41/h1-37H/i30D,36D,37D. The molecule has 0 aliphatic heterocycles. The topological polar surface area (TPSA) is 3.24 Å². The van der Waals surface area contributed by atoms with Gasteiger partial charge in [-0.2, -0.15) is 0 Å². The molecule has 53 heavy (non-hydrogen) atoms. The van der Waals surface area contributed by atoms with Gasteiger partial charge in [0.2, 0.25) is 0 Å². The summed E-state index contributed by atoms with van der Waals surface area (Å²) in [7, 11) is 0. The van der Waals surface area contributed by atoms with E-state index in [-0.39, 0.29) is 18.1 Å². The van der Waals surface area contributed by atoms with Gasteiger partial charge in [0.05, 0.1) is 9.80 Å².